The average Bonchev–Trinajstić information content (AvgIpc) is 2.42. The van der Waals surface area contributed by atoms with Crippen LogP contribution >= 0.6 is 0 Å². The van der Waals surface area contributed by atoms with E-state index in [1.165, 1.54) is 0 Å². The molecule has 2 heterocycles. The standard InChI is InChI=1S/C13H20BNO3/c1-8-10(7-11(16)9(2)15-8)14-17-12(3,4)13(5,6)18-14/h7,16H,1-6H3. The molecule has 0 unspecified atom stereocenters. The quantitative estimate of drug-likeness (QED) is 0.769. The highest BCUT2D eigenvalue weighted by Gasteiger charge is 2.52. The van der Waals surface area contributed by atoms with Gasteiger partial charge in [0.05, 0.1) is 16.9 Å². The van der Waals surface area contributed by atoms with Gasteiger partial charge in [-0.3, -0.25) is 4.98 Å². The van der Waals surface area contributed by atoms with Crippen LogP contribution in [0.3, 0.4) is 0 Å². The lowest BCUT2D eigenvalue weighted by molar-refractivity contribution is 0.00578. The van der Waals surface area contributed by atoms with E-state index in [0.717, 1.165) is 11.2 Å². The van der Waals surface area contributed by atoms with Crippen molar-refractivity contribution in [2.45, 2.75) is 52.7 Å². The van der Waals surface area contributed by atoms with E-state index in [1.807, 2.05) is 34.6 Å². The summed E-state index contributed by atoms with van der Waals surface area (Å²) in [6.07, 6.45) is 0. The molecule has 0 aliphatic carbocycles. The zero-order valence-corrected chi connectivity index (χ0v) is 11.9. The highest BCUT2D eigenvalue weighted by Crippen LogP contribution is 2.36. The SMILES string of the molecule is Cc1nc(C)c(B2OC(C)(C)C(C)(C)O2)cc1O. The Balaban J connectivity index is 2.38. The summed E-state index contributed by atoms with van der Waals surface area (Å²) in [6.45, 7) is 11.7. The van der Waals surface area contributed by atoms with Gasteiger partial charge in [0.15, 0.2) is 0 Å². The van der Waals surface area contributed by atoms with Gasteiger partial charge >= 0.3 is 7.12 Å². The Morgan fingerprint density at radius 1 is 1.06 bits per heavy atom. The van der Waals surface area contributed by atoms with Gasteiger partial charge in [-0.15, -0.1) is 0 Å². The molecule has 0 atom stereocenters. The highest BCUT2D eigenvalue weighted by atomic mass is 16.7. The van der Waals surface area contributed by atoms with Crippen LogP contribution in [0.4, 0.5) is 0 Å². The van der Waals surface area contributed by atoms with Crippen molar-refractivity contribution in [3.8, 4) is 5.75 Å². The first-order valence-corrected chi connectivity index (χ1v) is 6.17. The molecule has 0 amide bonds. The molecule has 0 aromatic carbocycles. The molecule has 98 valence electrons. The van der Waals surface area contributed by atoms with Crippen molar-refractivity contribution >= 4 is 12.6 Å². The first-order chi connectivity index (χ1) is 8.14. The maximum atomic E-state index is 9.77. The van der Waals surface area contributed by atoms with E-state index < -0.39 is 7.12 Å². The Bertz CT molecular complexity index is 469. The number of hydrogen-bond acceptors (Lipinski definition) is 4. The van der Waals surface area contributed by atoms with E-state index >= 15 is 0 Å². The van der Waals surface area contributed by atoms with Crippen LogP contribution in [0.2, 0.25) is 0 Å². The Morgan fingerprint density at radius 3 is 2.06 bits per heavy atom. The van der Waals surface area contributed by atoms with Crippen LogP contribution in [0.25, 0.3) is 0 Å². The molecular formula is C13H20BNO3. The Morgan fingerprint density at radius 2 is 1.56 bits per heavy atom. The van der Waals surface area contributed by atoms with Crippen LogP contribution in [0.5, 0.6) is 5.75 Å². The predicted molar refractivity (Wildman–Crippen MR) is 71.1 cm³/mol. The molecule has 1 aliphatic heterocycles. The molecular weight excluding hydrogens is 229 g/mol. The summed E-state index contributed by atoms with van der Waals surface area (Å²) < 4.78 is 11.9. The molecule has 1 aromatic heterocycles. The summed E-state index contributed by atoms with van der Waals surface area (Å²) in [4.78, 5) is 4.30. The summed E-state index contributed by atoms with van der Waals surface area (Å²) in [5, 5.41) is 9.77. The van der Waals surface area contributed by atoms with Gasteiger partial charge in [0.1, 0.15) is 5.75 Å². The predicted octanol–water partition coefficient (Wildman–Crippen LogP) is 1.70. The first-order valence-electron chi connectivity index (χ1n) is 6.17. The minimum atomic E-state index is -0.478. The van der Waals surface area contributed by atoms with Crippen molar-refractivity contribution in [2.24, 2.45) is 0 Å². The molecule has 1 saturated heterocycles. The van der Waals surface area contributed by atoms with Gasteiger partial charge in [-0.2, -0.15) is 0 Å². The fourth-order valence-corrected chi connectivity index (χ4v) is 1.94. The van der Waals surface area contributed by atoms with Gasteiger partial charge in [0.25, 0.3) is 0 Å². The number of rotatable bonds is 1. The van der Waals surface area contributed by atoms with Crippen molar-refractivity contribution < 1.29 is 14.4 Å². The smallest absolute Gasteiger partial charge is 0.496 e. The van der Waals surface area contributed by atoms with E-state index in [0.29, 0.717) is 5.69 Å². The fourth-order valence-electron chi connectivity index (χ4n) is 1.94. The van der Waals surface area contributed by atoms with Crippen molar-refractivity contribution in [3.05, 3.63) is 17.5 Å². The number of aryl methyl sites for hydroxylation is 2. The molecule has 0 saturated carbocycles. The van der Waals surface area contributed by atoms with Gasteiger partial charge in [-0.25, -0.2) is 0 Å². The second kappa shape index (κ2) is 3.97. The van der Waals surface area contributed by atoms with E-state index in [4.69, 9.17) is 9.31 Å². The van der Waals surface area contributed by atoms with Gasteiger partial charge in [0.2, 0.25) is 0 Å². The van der Waals surface area contributed by atoms with E-state index in [2.05, 4.69) is 4.98 Å². The maximum Gasteiger partial charge on any atom is 0.496 e. The third kappa shape index (κ3) is 2.02. The third-order valence-electron chi connectivity index (χ3n) is 3.92. The Labute approximate surface area is 108 Å². The number of aromatic nitrogens is 1. The van der Waals surface area contributed by atoms with Crippen LogP contribution in [0, 0.1) is 13.8 Å². The summed E-state index contributed by atoms with van der Waals surface area (Å²) in [5.74, 6) is 0.172. The van der Waals surface area contributed by atoms with E-state index in [-0.39, 0.29) is 17.0 Å². The van der Waals surface area contributed by atoms with E-state index in [1.54, 1.807) is 13.0 Å². The summed E-state index contributed by atoms with van der Waals surface area (Å²) in [7, 11) is -0.478. The minimum absolute atomic E-state index is 0.172. The van der Waals surface area contributed by atoms with Gasteiger partial charge in [-0.1, -0.05) is 0 Å². The summed E-state index contributed by atoms with van der Waals surface area (Å²) in [6, 6.07) is 1.68. The summed E-state index contributed by atoms with van der Waals surface area (Å²) in [5.41, 5.74) is 1.46. The number of aromatic hydroxyl groups is 1. The second-order valence-corrected chi connectivity index (χ2v) is 5.86. The molecule has 2 rings (SSSR count). The lowest BCUT2D eigenvalue weighted by Gasteiger charge is -2.32. The molecule has 1 N–H and O–H groups in total. The number of hydrogen-bond donors (Lipinski definition) is 1. The molecule has 4 nitrogen and oxygen atoms in total. The van der Waals surface area contributed by atoms with E-state index in [9.17, 15) is 5.11 Å². The lowest BCUT2D eigenvalue weighted by Crippen LogP contribution is -2.41. The molecule has 5 heteroatoms. The van der Waals surface area contributed by atoms with Crippen molar-refractivity contribution in [2.75, 3.05) is 0 Å². The van der Waals surface area contributed by atoms with Crippen LogP contribution in [0.1, 0.15) is 39.1 Å². The zero-order chi connectivity index (χ0) is 13.7. The molecule has 1 fully saturated rings. The minimum Gasteiger partial charge on any atom is -0.506 e. The lowest BCUT2D eigenvalue weighted by atomic mass is 9.78. The molecule has 0 radical (unpaired) electrons. The summed E-state index contributed by atoms with van der Waals surface area (Å²) >= 11 is 0. The third-order valence-corrected chi connectivity index (χ3v) is 3.92. The zero-order valence-electron chi connectivity index (χ0n) is 11.9. The molecule has 0 spiro atoms. The molecule has 0 bridgehead atoms. The van der Waals surface area contributed by atoms with Crippen LogP contribution in [-0.2, 0) is 9.31 Å². The highest BCUT2D eigenvalue weighted by molar-refractivity contribution is 6.62. The van der Waals surface area contributed by atoms with Crippen LogP contribution in [0.15, 0.2) is 6.07 Å². The monoisotopic (exact) mass is 249 g/mol. The average molecular weight is 249 g/mol. The largest absolute Gasteiger partial charge is 0.506 e. The van der Waals surface area contributed by atoms with Crippen molar-refractivity contribution in [3.63, 3.8) is 0 Å². The Hall–Kier alpha value is -1.07. The fraction of sp³-hybridized carbons (Fsp3) is 0.615. The normalized spacial score (nSPS) is 21.3. The van der Waals surface area contributed by atoms with Gasteiger partial charge < -0.3 is 14.4 Å². The topological polar surface area (TPSA) is 51.6 Å². The van der Waals surface area contributed by atoms with Crippen LogP contribution in [-0.4, -0.2) is 28.4 Å². The molecule has 1 aliphatic rings. The van der Waals surface area contributed by atoms with Crippen molar-refractivity contribution in [1.82, 2.24) is 4.98 Å². The van der Waals surface area contributed by atoms with Crippen molar-refractivity contribution in [1.29, 1.82) is 0 Å². The number of pyridine rings is 1. The number of nitrogens with zero attached hydrogens (tertiary/aromatic N) is 1. The van der Waals surface area contributed by atoms with Gasteiger partial charge in [0, 0.05) is 11.2 Å². The second-order valence-electron chi connectivity index (χ2n) is 5.86. The maximum absolute atomic E-state index is 9.77. The van der Waals surface area contributed by atoms with Gasteiger partial charge in [-0.05, 0) is 47.6 Å². The first kappa shape index (κ1) is 13.4. The van der Waals surface area contributed by atoms with Crippen LogP contribution < -0.4 is 5.46 Å². The molecule has 1 aromatic rings. The Kier molecular flexibility index (Phi) is 2.95. The molecule has 18 heavy (non-hydrogen) atoms.